The van der Waals surface area contributed by atoms with Gasteiger partial charge in [-0.1, -0.05) is 38.3 Å². The van der Waals surface area contributed by atoms with Gasteiger partial charge in [-0.15, -0.1) is 0 Å². The van der Waals surface area contributed by atoms with Crippen molar-refractivity contribution in [2.45, 2.75) is 26.7 Å². The van der Waals surface area contributed by atoms with Crippen molar-refractivity contribution in [3.05, 3.63) is 0 Å². The molecule has 4 nitrogen and oxygen atoms in total. The van der Waals surface area contributed by atoms with Gasteiger partial charge in [-0.2, -0.15) is 0 Å². The Morgan fingerprint density at radius 1 is 1.13 bits per heavy atom. The first kappa shape index (κ1) is 20.5. The van der Waals surface area contributed by atoms with Crippen LogP contribution in [0.3, 0.4) is 0 Å². The summed E-state index contributed by atoms with van der Waals surface area (Å²) in [6, 6.07) is 0. The summed E-state index contributed by atoms with van der Waals surface area (Å²) < 4.78 is 0. The third kappa shape index (κ3) is 20.3. The molecule has 84 valence electrons. The van der Waals surface area contributed by atoms with Crippen LogP contribution in [0.1, 0.15) is 26.7 Å². The predicted octanol–water partition coefficient (Wildman–Crippen LogP) is -1.04. The van der Waals surface area contributed by atoms with Crippen LogP contribution < -0.4 is 15.9 Å². The Hall–Kier alpha value is 0.146. The van der Waals surface area contributed by atoms with Crippen molar-refractivity contribution in [2.75, 3.05) is 13.1 Å². The first-order valence-corrected chi connectivity index (χ1v) is 5.19. The van der Waals surface area contributed by atoms with Crippen LogP contribution in [0.5, 0.6) is 0 Å². The van der Waals surface area contributed by atoms with Crippen LogP contribution in [0.4, 0.5) is 0 Å². The van der Waals surface area contributed by atoms with Gasteiger partial charge in [-0.25, -0.2) is 0 Å². The summed E-state index contributed by atoms with van der Waals surface area (Å²) in [5, 5.41) is 18.7. The average Bonchev–Trinajstić information content (AvgIpc) is 2.02. The van der Waals surface area contributed by atoms with Gasteiger partial charge in [0.15, 0.2) is 0 Å². The molecule has 0 aliphatic carbocycles. The van der Waals surface area contributed by atoms with E-state index in [0.717, 1.165) is 25.9 Å². The molecular weight excluding hydrogens is 245 g/mol. The van der Waals surface area contributed by atoms with Gasteiger partial charge in [0.25, 0.3) is 0 Å². The maximum Gasteiger partial charge on any atom is 2.00 e. The normalized spacial score (nSPS) is 7.87. The molecule has 0 rings (SSSR count). The van der Waals surface area contributed by atoms with Crippen LogP contribution in [-0.4, -0.2) is 51.4 Å². The summed E-state index contributed by atoms with van der Waals surface area (Å²) in [6.07, 6.45) is 1.98. The molecule has 0 amide bonds. The zero-order valence-corrected chi connectivity index (χ0v) is 12.2. The van der Waals surface area contributed by atoms with E-state index >= 15 is 0 Å². The number of hydrogen-bond donors (Lipinski definition) is 1. The molecule has 0 radical (unpaired) electrons. The first-order valence-electron chi connectivity index (χ1n) is 4.38. The van der Waals surface area contributed by atoms with E-state index in [4.69, 9.17) is 5.11 Å². The van der Waals surface area contributed by atoms with Crippen LogP contribution in [0, 0.1) is 0 Å². The standard InChI is InChI=1S/C7H15NOS.CH3NOS.Mg/c1-3-5-8(6-4-2)7(9)10;2-1(3)4;/h3-6H2,1-2H3,(H,9,10);(H3,2,3,4);/q;;+2/p-2. The number of nitrogens with zero attached hydrogens (tertiary/aromatic N) is 1. The average molecular weight is 261 g/mol. The Morgan fingerprint density at radius 3 is 1.53 bits per heavy atom. The van der Waals surface area contributed by atoms with E-state index in [9.17, 15) is 5.11 Å². The molecule has 0 aromatic heterocycles. The molecule has 0 heterocycles. The van der Waals surface area contributed by atoms with Crippen molar-refractivity contribution in [2.24, 2.45) is 5.73 Å². The van der Waals surface area contributed by atoms with Gasteiger partial charge in [-0.3, -0.25) is 0 Å². The van der Waals surface area contributed by atoms with Crippen LogP contribution in [0.15, 0.2) is 0 Å². The fourth-order valence-electron chi connectivity index (χ4n) is 0.834. The fourth-order valence-corrected chi connectivity index (χ4v) is 1.02. The smallest absolute Gasteiger partial charge is 0.852 e. The van der Waals surface area contributed by atoms with Gasteiger partial charge in [0.1, 0.15) is 0 Å². The maximum absolute atomic E-state index is 10.7. The maximum atomic E-state index is 10.7. The molecule has 0 aromatic carbocycles. The molecule has 0 aliphatic heterocycles. The zero-order valence-electron chi connectivity index (χ0n) is 9.19. The van der Waals surface area contributed by atoms with Gasteiger partial charge >= 0.3 is 23.1 Å². The molecule has 0 saturated heterocycles. The van der Waals surface area contributed by atoms with Crippen molar-refractivity contribution in [3.63, 3.8) is 0 Å². The number of hydrogen-bond acceptors (Lipinski definition) is 4. The molecular formula is C8H16MgN2O2S2. The molecule has 0 aliphatic rings. The molecule has 0 aromatic rings. The predicted molar refractivity (Wildman–Crippen MR) is 67.3 cm³/mol. The van der Waals surface area contributed by atoms with Crippen LogP contribution in [-0.2, 0) is 0 Å². The second kappa shape index (κ2) is 14.1. The Labute approximate surface area is 118 Å². The van der Waals surface area contributed by atoms with Crippen molar-refractivity contribution in [1.29, 1.82) is 0 Å². The molecule has 0 atom stereocenters. The largest absolute Gasteiger partial charge is 2.00 e. The van der Waals surface area contributed by atoms with E-state index in [0.29, 0.717) is 0 Å². The molecule has 2 N–H and O–H groups in total. The monoisotopic (exact) mass is 260 g/mol. The van der Waals surface area contributed by atoms with Crippen LogP contribution in [0.25, 0.3) is 0 Å². The molecule has 7 heteroatoms. The summed E-state index contributed by atoms with van der Waals surface area (Å²) in [6.45, 7) is 5.69. The summed E-state index contributed by atoms with van der Waals surface area (Å²) in [4.78, 5) is 1.70. The Bertz CT molecular complexity index is 172. The van der Waals surface area contributed by atoms with Crippen molar-refractivity contribution in [3.8, 4) is 0 Å². The van der Waals surface area contributed by atoms with E-state index < -0.39 is 5.17 Å². The van der Waals surface area contributed by atoms with E-state index in [1.54, 1.807) is 4.90 Å². The molecule has 0 fully saturated rings. The zero-order chi connectivity index (χ0) is 11.6. The van der Waals surface area contributed by atoms with E-state index in [2.05, 4.69) is 30.2 Å². The van der Waals surface area contributed by atoms with Crippen molar-refractivity contribution < 1.29 is 10.2 Å². The minimum absolute atomic E-state index is 0. The minimum Gasteiger partial charge on any atom is -0.852 e. The van der Waals surface area contributed by atoms with Gasteiger partial charge in [-0.05, 0) is 12.8 Å². The van der Waals surface area contributed by atoms with Crippen molar-refractivity contribution >= 4 is 57.8 Å². The molecule has 15 heavy (non-hydrogen) atoms. The summed E-state index contributed by atoms with van der Waals surface area (Å²) in [7, 11) is 0. The van der Waals surface area contributed by atoms with E-state index in [1.807, 2.05) is 13.8 Å². The second-order valence-electron chi connectivity index (χ2n) is 2.57. The van der Waals surface area contributed by atoms with Crippen LogP contribution in [0.2, 0.25) is 0 Å². The summed E-state index contributed by atoms with van der Waals surface area (Å²) in [5.41, 5.74) is 4.29. The summed E-state index contributed by atoms with van der Waals surface area (Å²) >= 11 is 8.28. The van der Waals surface area contributed by atoms with Gasteiger partial charge in [0, 0.05) is 23.4 Å². The number of thiocarbonyl (C=S) groups is 2. The van der Waals surface area contributed by atoms with Gasteiger partial charge in [0.05, 0.1) is 0 Å². The third-order valence-electron chi connectivity index (χ3n) is 1.25. The summed E-state index contributed by atoms with van der Waals surface area (Å²) in [5.74, 6) is 0. The van der Waals surface area contributed by atoms with Gasteiger partial charge < -0.3 is 20.8 Å². The SMILES string of the molecule is CCCN(CCC)C([O-])=S.NC([O-])=S.[Mg+2]. The molecule has 0 spiro atoms. The molecule has 0 bridgehead atoms. The van der Waals surface area contributed by atoms with E-state index in [1.165, 1.54) is 0 Å². The quantitative estimate of drug-likeness (QED) is 0.514. The van der Waals surface area contributed by atoms with Gasteiger partial charge in [0.2, 0.25) is 0 Å². The van der Waals surface area contributed by atoms with Crippen LogP contribution >= 0.6 is 24.4 Å². The minimum atomic E-state index is -0.750. The Morgan fingerprint density at radius 2 is 1.40 bits per heavy atom. The second-order valence-corrected chi connectivity index (χ2v) is 3.32. The topological polar surface area (TPSA) is 75.4 Å². The fraction of sp³-hybridized carbons (Fsp3) is 0.750. The Kier molecular flexibility index (Phi) is 19.4. The molecule has 0 unspecified atom stereocenters. The number of nitrogens with two attached hydrogens (primary N) is 1. The third-order valence-corrected chi connectivity index (χ3v) is 1.50. The van der Waals surface area contributed by atoms with Crippen molar-refractivity contribution in [1.82, 2.24) is 4.90 Å². The number of rotatable bonds is 4. The molecule has 0 saturated carbocycles. The van der Waals surface area contributed by atoms with E-state index in [-0.39, 0.29) is 28.2 Å². The Balaban J connectivity index is -0.000000249. The first-order chi connectivity index (χ1) is 6.45.